The standard InChI is InChI=1S/C16H21N7O.C15H18N8O/c1-21-12-13(10-19-21)14-11-18-16-3-2-15(20-23(14)16)17-4-5-22-6-8-24-9-7-22;1-21-10-11(8-19-21)12-9-18-14-3-2-13(20-23(12)14)16-4-6-22-7-5-17-15(22)24/h2-3,10-12H,4-9H2,1H3,(H,17,20);2-3,8-10H,4-7H2,1H3,(H,16,20)(H,17,24). The number of aromatic nitrogens is 10. The first-order valence-corrected chi connectivity index (χ1v) is 16.0. The molecule has 17 nitrogen and oxygen atoms in total. The molecule has 8 heterocycles. The van der Waals surface area contributed by atoms with Gasteiger partial charge in [0.2, 0.25) is 0 Å². The van der Waals surface area contributed by atoms with Gasteiger partial charge in [-0.05, 0) is 24.3 Å². The first kappa shape index (κ1) is 31.1. The number of morpholine rings is 1. The van der Waals surface area contributed by atoms with Gasteiger partial charge in [-0.2, -0.15) is 10.2 Å². The third-order valence-corrected chi connectivity index (χ3v) is 8.20. The minimum atomic E-state index is -0.00585. The zero-order valence-electron chi connectivity index (χ0n) is 27.0. The lowest BCUT2D eigenvalue weighted by Crippen LogP contribution is -2.39. The number of imidazole rings is 2. The van der Waals surface area contributed by atoms with Gasteiger partial charge in [-0.1, -0.05) is 0 Å². The number of hydrogen-bond acceptors (Lipinski definition) is 11. The lowest BCUT2D eigenvalue weighted by molar-refractivity contribution is 0.0398. The first-order chi connectivity index (χ1) is 23.5. The van der Waals surface area contributed by atoms with Crippen LogP contribution >= 0.6 is 0 Å². The Hall–Kier alpha value is -5.55. The average molecular weight is 654 g/mol. The van der Waals surface area contributed by atoms with Gasteiger partial charge in [0, 0.05) is 90.0 Å². The van der Waals surface area contributed by atoms with Crippen molar-refractivity contribution in [2.24, 2.45) is 14.1 Å². The highest BCUT2D eigenvalue weighted by atomic mass is 16.5. The fourth-order valence-corrected chi connectivity index (χ4v) is 5.65. The van der Waals surface area contributed by atoms with Gasteiger partial charge in [-0.25, -0.2) is 23.8 Å². The second kappa shape index (κ2) is 14.1. The molecular weight excluding hydrogens is 614 g/mol. The lowest BCUT2D eigenvalue weighted by Gasteiger charge is -2.26. The van der Waals surface area contributed by atoms with E-state index in [2.05, 4.69) is 51.2 Å². The van der Waals surface area contributed by atoms with Crippen LogP contribution in [0.3, 0.4) is 0 Å². The largest absolute Gasteiger partial charge is 0.379 e. The van der Waals surface area contributed by atoms with Crippen LogP contribution in [0.15, 0.2) is 61.4 Å². The number of hydrogen-bond donors (Lipinski definition) is 3. The summed E-state index contributed by atoms with van der Waals surface area (Å²) in [6.07, 6.45) is 11.1. The van der Waals surface area contributed by atoms with Gasteiger partial charge in [-0.15, -0.1) is 10.2 Å². The summed E-state index contributed by atoms with van der Waals surface area (Å²) < 4.78 is 12.5. The molecular formula is C31H39N15O2. The molecule has 8 rings (SSSR count). The van der Waals surface area contributed by atoms with Gasteiger partial charge < -0.3 is 25.6 Å². The maximum Gasteiger partial charge on any atom is 0.317 e. The van der Waals surface area contributed by atoms with E-state index in [9.17, 15) is 4.79 Å². The van der Waals surface area contributed by atoms with Crippen molar-refractivity contribution in [3.8, 4) is 22.5 Å². The number of anilines is 2. The zero-order valence-corrected chi connectivity index (χ0v) is 27.0. The summed E-state index contributed by atoms with van der Waals surface area (Å²) >= 11 is 0. The number of nitrogens with zero attached hydrogens (tertiary/aromatic N) is 12. The Morgan fingerprint density at radius 1 is 0.750 bits per heavy atom. The molecule has 48 heavy (non-hydrogen) atoms. The number of nitrogens with one attached hydrogen (secondary N) is 3. The van der Waals surface area contributed by atoms with Crippen LogP contribution in [0.5, 0.6) is 0 Å². The molecule has 17 heteroatoms. The summed E-state index contributed by atoms with van der Waals surface area (Å²) in [6, 6.07) is 7.74. The Morgan fingerprint density at radius 2 is 1.31 bits per heavy atom. The molecule has 2 amide bonds. The zero-order chi connectivity index (χ0) is 32.9. The van der Waals surface area contributed by atoms with E-state index in [1.54, 1.807) is 31.2 Å². The topological polar surface area (TPSA) is 165 Å². The number of ether oxygens (including phenoxy) is 1. The van der Waals surface area contributed by atoms with E-state index in [-0.39, 0.29) is 6.03 Å². The van der Waals surface area contributed by atoms with E-state index < -0.39 is 0 Å². The Labute approximate surface area is 276 Å². The van der Waals surface area contributed by atoms with Crippen molar-refractivity contribution in [2.75, 3.05) is 76.2 Å². The molecule has 2 saturated heterocycles. The second-order valence-corrected chi connectivity index (χ2v) is 11.6. The predicted octanol–water partition coefficient (Wildman–Crippen LogP) is 1.44. The maximum absolute atomic E-state index is 11.5. The molecule has 2 fully saturated rings. The minimum Gasteiger partial charge on any atom is -0.379 e. The first-order valence-electron chi connectivity index (χ1n) is 16.0. The quantitative estimate of drug-likeness (QED) is 0.196. The Kier molecular flexibility index (Phi) is 9.10. The summed E-state index contributed by atoms with van der Waals surface area (Å²) in [4.78, 5) is 24.5. The SMILES string of the molecule is Cn1cc(-c2cnc3ccc(NCCN4CCNC4=O)nn23)cn1.Cn1cc(-c2cnc3ccc(NCCN4CCOCC4)nn23)cn1. The molecule has 3 N–H and O–H groups in total. The van der Waals surface area contributed by atoms with Crippen LogP contribution in [-0.4, -0.2) is 130 Å². The summed E-state index contributed by atoms with van der Waals surface area (Å²) in [5.41, 5.74) is 5.40. The van der Waals surface area contributed by atoms with Crippen LogP contribution in [0.4, 0.5) is 16.4 Å². The molecule has 0 radical (unpaired) electrons. The molecule has 0 unspecified atom stereocenters. The highest BCUT2D eigenvalue weighted by Crippen LogP contribution is 2.21. The van der Waals surface area contributed by atoms with Crippen LogP contribution < -0.4 is 16.0 Å². The van der Waals surface area contributed by atoms with Crippen LogP contribution in [0.1, 0.15) is 0 Å². The molecule has 2 aliphatic rings. The molecule has 6 aromatic heterocycles. The third-order valence-electron chi connectivity index (χ3n) is 8.20. The van der Waals surface area contributed by atoms with Crippen LogP contribution in [0, 0.1) is 0 Å². The van der Waals surface area contributed by atoms with Crippen molar-refractivity contribution in [2.45, 2.75) is 0 Å². The fraction of sp³-hybridized carbons (Fsp3) is 0.387. The summed E-state index contributed by atoms with van der Waals surface area (Å²) in [7, 11) is 3.78. The van der Waals surface area contributed by atoms with Crippen molar-refractivity contribution in [3.63, 3.8) is 0 Å². The van der Waals surface area contributed by atoms with Gasteiger partial charge >= 0.3 is 6.03 Å². The molecule has 0 aliphatic carbocycles. The number of aryl methyl sites for hydroxylation is 2. The molecule has 250 valence electrons. The molecule has 2 aliphatic heterocycles. The monoisotopic (exact) mass is 653 g/mol. The lowest BCUT2D eigenvalue weighted by atomic mass is 10.3. The third kappa shape index (κ3) is 7.06. The minimum absolute atomic E-state index is 0.00585. The van der Waals surface area contributed by atoms with Crippen molar-refractivity contribution in [3.05, 3.63) is 61.4 Å². The van der Waals surface area contributed by atoms with Gasteiger partial charge in [0.25, 0.3) is 0 Å². The normalized spacial score (nSPS) is 15.1. The molecule has 0 atom stereocenters. The number of carbonyl (C=O) groups is 1. The van der Waals surface area contributed by atoms with Crippen molar-refractivity contribution in [1.82, 2.24) is 63.9 Å². The smallest absolute Gasteiger partial charge is 0.317 e. The van der Waals surface area contributed by atoms with Gasteiger partial charge in [0.05, 0.1) is 49.4 Å². The molecule has 0 spiro atoms. The van der Waals surface area contributed by atoms with Gasteiger partial charge in [-0.3, -0.25) is 14.3 Å². The van der Waals surface area contributed by atoms with Gasteiger partial charge in [0.15, 0.2) is 11.3 Å². The highest BCUT2D eigenvalue weighted by molar-refractivity contribution is 5.76. The number of rotatable bonds is 10. The van der Waals surface area contributed by atoms with E-state index >= 15 is 0 Å². The molecule has 6 aromatic rings. The number of fused-ring (bicyclic) bond motifs is 2. The van der Waals surface area contributed by atoms with Crippen LogP contribution in [-0.2, 0) is 18.8 Å². The Morgan fingerprint density at radius 3 is 1.81 bits per heavy atom. The molecule has 0 aromatic carbocycles. The number of carbonyl (C=O) groups excluding carboxylic acids is 1. The average Bonchev–Trinajstić information content (AvgIpc) is 3.94. The number of amides is 2. The van der Waals surface area contributed by atoms with Crippen molar-refractivity contribution < 1.29 is 9.53 Å². The van der Waals surface area contributed by atoms with E-state index in [1.165, 1.54) is 0 Å². The van der Waals surface area contributed by atoms with Crippen LogP contribution in [0.25, 0.3) is 33.8 Å². The van der Waals surface area contributed by atoms with Crippen LogP contribution in [0.2, 0.25) is 0 Å². The van der Waals surface area contributed by atoms with E-state index in [4.69, 9.17) is 4.74 Å². The second-order valence-electron chi connectivity index (χ2n) is 11.6. The summed E-state index contributed by atoms with van der Waals surface area (Å²) in [5.74, 6) is 1.59. The summed E-state index contributed by atoms with van der Waals surface area (Å²) in [5, 5.41) is 27.1. The van der Waals surface area contributed by atoms with E-state index in [0.717, 1.165) is 91.4 Å². The predicted molar refractivity (Wildman–Crippen MR) is 180 cm³/mol. The molecule has 0 saturated carbocycles. The van der Waals surface area contributed by atoms with Crippen molar-refractivity contribution >= 4 is 29.0 Å². The number of urea groups is 1. The van der Waals surface area contributed by atoms with E-state index in [0.29, 0.717) is 19.6 Å². The Balaban J connectivity index is 0.000000152. The summed E-state index contributed by atoms with van der Waals surface area (Å²) in [6.45, 7) is 8.25. The van der Waals surface area contributed by atoms with Crippen molar-refractivity contribution in [1.29, 1.82) is 0 Å². The van der Waals surface area contributed by atoms with Gasteiger partial charge in [0.1, 0.15) is 11.6 Å². The molecule has 0 bridgehead atoms. The maximum atomic E-state index is 11.5. The highest BCUT2D eigenvalue weighted by Gasteiger charge is 2.18. The Bertz CT molecular complexity index is 1990. The fourth-order valence-electron chi connectivity index (χ4n) is 5.65. The van der Waals surface area contributed by atoms with E-state index in [1.807, 2.05) is 67.7 Å².